The molecule has 7 nitrogen and oxygen atoms in total. The van der Waals surface area contributed by atoms with E-state index in [-0.39, 0.29) is 5.91 Å². The molecule has 27 heavy (non-hydrogen) atoms. The highest BCUT2D eigenvalue weighted by Crippen LogP contribution is 2.22. The van der Waals surface area contributed by atoms with Gasteiger partial charge in [-0.3, -0.25) is 9.20 Å². The number of imidazole rings is 1. The van der Waals surface area contributed by atoms with Crippen LogP contribution in [0.15, 0.2) is 67.3 Å². The van der Waals surface area contributed by atoms with Crippen molar-refractivity contribution in [3.8, 4) is 11.3 Å². The second-order valence-electron chi connectivity index (χ2n) is 6.25. The summed E-state index contributed by atoms with van der Waals surface area (Å²) in [5, 5.41) is 2.92. The summed E-state index contributed by atoms with van der Waals surface area (Å²) in [4.78, 5) is 27.4. The molecule has 0 saturated heterocycles. The lowest BCUT2D eigenvalue weighted by molar-refractivity contribution is 0.102. The number of nitrogens with zero attached hydrogens (tertiary/aromatic N) is 5. The Kier molecular flexibility index (Phi) is 4.25. The van der Waals surface area contributed by atoms with E-state index in [0.29, 0.717) is 22.8 Å². The van der Waals surface area contributed by atoms with Crippen LogP contribution in [0.25, 0.3) is 17.0 Å². The first-order valence-corrected chi connectivity index (χ1v) is 8.46. The third-order valence-corrected chi connectivity index (χ3v) is 4.13. The van der Waals surface area contributed by atoms with Gasteiger partial charge in [0, 0.05) is 50.1 Å². The molecule has 4 aromatic rings. The van der Waals surface area contributed by atoms with Crippen molar-refractivity contribution >= 4 is 23.2 Å². The molecule has 0 aliphatic carbocycles. The van der Waals surface area contributed by atoms with E-state index in [9.17, 15) is 4.79 Å². The van der Waals surface area contributed by atoms with Crippen molar-refractivity contribution in [1.82, 2.24) is 19.4 Å². The van der Waals surface area contributed by atoms with Crippen LogP contribution >= 0.6 is 0 Å². The molecule has 0 fully saturated rings. The van der Waals surface area contributed by atoms with Gasteiger partial charge in [0.05, 0.1) is 11.3 Å². The molecule has 0 bridgehead atoms. The van der Waals surface area contributed by atoms with Crippen LogP contribution in [0.5, 0.6) is 0 Å². The molecule has 4 rings (SSSR count). The molecular formula is C20H18N6O. The predicted molar refractivity (Wildman–Crippen MR) is 105 cm³/mol. The maximum Gasteiger partial charge on any atom is 0.259 e. The average molecular weight is 358 g/mol. The number of rotatable bonds is 4. The number of carbonyl (C=O) groups excluding carboxylic acids is 1. The van der Waals surface area contributed by atoms with Crippen molar-refractivity contribution in [2.45, 2.75) is 0 Å². The van der Waals surface area contributed by atoms with Crippen molar-refractivity contribution in [2.75, 3.05) is 24.3 Å². The standard InChI is InChI=1S/C20H18N6O/c1-25(2)18-16(5-3-10-21-18)19(27)23-15-8-6-14(7-9-15)17-13-26-12-4-11-22-20(26)24-17/h3-13H,1-2H3,(H,23,27). The summed E-state index contributed by atoms with van der Waals surface area (Å²) in [5.74, 6) is 1.08. The summed E-state index contributed by atoms with van der Waals surface area (Å²) in [6.07, 6.45) is 7.22. The topological polar surface area (TPSA) is 75.4 Å². The van der Waals surface area contributed by atoms with E-state index in [0.717, 1.165) is 11.3 Å². The number of hydrogen-bond donors (Lipinski definition) is 1. The zero-order chi connectivity index (χ0) is 18.8. The van der Waals surface area contributed by atoms with Gasteiger partial charge in [0.25, 0.3) is 5.91 Å². The second kappa shape index (κ2) is 6.87. The van der Waals surface area contributed by atoms with Gasteiger partial charge in [0.1, 0.15) is 5.82 Å². The number of amides is 1. The fraction of sp³-hybridized carbons (Fsp3) is 0.100. The van der Waals surface area contributed by atoms with Gasteiger partial charge in [-0.05, 0) is 30.3 Å². The number of benzene rings is 1. The SMILES string of the molecule is CN(C)c1ncccc1C(=O)Nc1ccc(-c2cn3cccnc3n2)cc1. The maximum absolute atomic E-state index is 12.6. The fourth-order valence-corrected chi connectivity index (χ4v) is 2.82. The summed E-state index contributed by atoms with van der Waals surface area (Å²) in [7, 11) is 3.72. The van der Waals surface area contributed by atoms with Crippen LogP contribution in [-0.4, -0.2) is 39.4 Å². The molecule has 0 saturated carbocycles. The number of pyridine rings is 1. The monoisotopic (exact) mass is 358 g/mol. The highest BCUT2D eigenvalue weighted by Gasteiger charge is 2.14. The van der Waals surface area contributed by atoms with Crippen molar-refractivity contribution < 1.29 is 4.79 Å². The Morgan fingerprint density at radius 2 is 1.81 bits per heavy atom. The number of anilines is 2. The summed E-state index contributed by atoms with van der Waals surface area (Å²) in [6.45, 7) is 0. The molecule has 0 unspecified atom stereocenters. The quantitative estimate of drug-likeness (QED) is 0.607. The zero-order valence-corrected chi connectivity index (χ0v) is 15.0. The van der Waals surface area contributed by atoms with E-state index in [1.807, 2.05) is 66.1 Å². The lowest BCUT2D eigenvalue weighted by atomic mass is 10.1. The fourth-order valence-electron chi connectivity index (χ4n) is 2.82. The van der Waals surface area contributed by atoms with E-state index in [1.165, 1.54) is 0 Å². The van der Waals surface area contributed by atoms with Crippen LogP contribution in [0.3, 0.4) is 0 Å². The van der Waals surface area contributed by atoms with Crippen LogP contribution in [-0.2, 0) is 0 Å². The average Bonchev–Trinajstić information content (AvgIpc) is 3.12. The molecule has 0 aliphatic heterocycles. The zero-order valence-electron chi connectivity index (χ0n) is 15.0. The highest BCUT2D eigenvalue weighted by atomic mass is 16.1. The van der Waals surface area contributed by atoms with Crippen LogP contribution in [0.4, 0.5) is 11.5 Å². The summed E-state index contributed by atoms with van der Waals surface area (Å²) >= 11 is 0. The van der Waals surface area contributed by atoms with Gasteiger partial charge in [-0.1, -0.05) is 12.1 Å². The van der Waals surface area contributed by atoms with Crippen LogP contribution in [0.1, 0.15) is 10.4 Å². The van der Waals surface area contributed by atoms with Gasteiger partial charge >= 0.3 is 0 Å². The van der Waals surface area contributed by atoms with Gasteiger partial charge in [-0.25, -0.2) is 15.0 Å². The Hall–Kier alpha value is -3.74. The number of fused-ring (bicyclic) bond motifs is 1. The lowest BCUT2D eigenvalue weighted by Gasteiger charge is -2.15. The predicted octanol–water partition coefficient (Wildman–Crippen LogP) is 3.11. The summed E-state index contributed by atoms with van der Waals surface area (Å²) in [6, 6.07) is 12.9. The number of nitrogens with one attached hydrogen (secondary N) is 1. The molecule has 3 aromatic heterocycles. The Bertz CT molecular complexity index is 1070. The van der Waals surface area contributed by atoms with Gasteiger partial charge in [-0.2, -0.15) is 0 Å². The molecule has 1 N–H and O–H groups in total. The largest absolute Gasteiger partial charge is 0.362 e. The first-order valence-electron chi connectivity index (χ1n) is 8.46. The Labute approximate surface area is 156 Å². The summed E-state index contributed by atoms with van der Waals surface area (Å²) < 4.78 is 1.87. The van der Waals surface area contributed by atoms with E-state index in [1.54, 1.807) is 24.5 Å². The van der Waals surface area contributed by atoms with Crippen molar-refractivity contribution in [2.24, 2.45) is 0 Å². The third kappa shape index (κ3) is 3.35. The van der Waals surface area contributed by atoms with Crippen molar-refractivity contribution in [1.29, 1.82) is 0 Å². The minimum absolute atomic E-state index is 0.198. The number of hydrogen-bond acceptors (Lipinski definition) is 5. The van der Waals surface area contributed by atoms with Gasteiger partial charge in [0.15, 0.2) is 0 Å². The third-order valence-electron chi connectivity index (χ3n) is 4.13. The molecule has 0 radical (unpaired) electrons. The molecule has 0 spiro atoms. The van der Waals surface area contributed by atoms with E-state index in [4.69, 9.17) is 0 Å². The van der Waals surface area contributed by atoms with Crippen LogP contribution in [0, 0.1) is 0 Å². The van der Waals surface area contributed by atoms with E-state index in [2.05, 4.69) is 20.3 Å². The number of carbonyl (C=O) groups is 1. The maximum atomic E-state index is 12.6. The Balaban J connectivity index is 1.55. The van der Waals surface area contributed by atoms with Gasteiger partial charge in [0.2, 0.25) is 5.78 Å². The highest BCUT2D eigenvalue weighted by molar-refractivity contribution is 6.07. The lowest BCUT2D eigenvalue weighted by Crippen LogP contribution is -2.19. The number of aromatic nitrogens is 4. The molecule has 134 valence electrons. The Morgan fingerprint density at radius 1 is 1.04 bits per heavy atom. The molecule has 0 aliphatic rings. The molecule has 1 amide bonds. The van der Waals surface area contributed by atoms with E-state index < -0.39 is 0 Å². The first kappa shape index (κ1) is 16.7. The Morgan fingerprint density at radius 3 is 2.56 bits per heavy atom. The molecule has 3 heterocycles. The minimum atomic E-state index is -0.198. The van der Waals surface area contributed by atoms with Crippen LogP contribution < -0.4 is 10.2 Å². The normalized spacial score (nSPS) is 10.7. The van der Waals surface area contributed by atoms with E-state index >= 15 is 0 Å². The second-order valence-corrected chi connectivity index (χ2v) is 6.25. The van der Waals surface area contributed by atoms with Crippen molar-refractivity contribution in [3.05, 3.63) is 72.8 Å². The van der Waals surface area contributed by atoms with Gasteiger partial charge < -0.3 is 10.2 Å². The molecule has 0 atom stereocenters. The first-order chi connectivity index (χ1) is 13.1. The summed E-state index contributed by atoms with van der Waals surface area (Å²) in [5.41, 5.74) is 3.01. The van der Waals surface area contributed by atoms with Crippen molar-refractivity contribution in [3.63, 3.8) is 0 Å². The minimum Gasteiger partial charge on any atom is -0.362 e. The molecule has 7 heteroatoms. The molecular weight excluding hydrogens is 340 g/mol. The smallest absolute Gasteiger partial charge is 0.259 e. The van der Waals surface area contributed by atoms with Gasteiger partial charge in [-0.15, -0.1) is 0 Å². The molecule has 1 aromatic carbocycles. The van der Waals surface area contributed by atoms with Crippen LogP contribution in [0.2, 0.25) is 0 Å².